The summed E-state index contributed by atoms with van der Waals surface area (Å²) in [6, 6.07) is 5.39. The Bertz CT molecular complexity index is 1140. The SMILES string of the molecule is COc1ccc2ncc(Cl)c(C(F)CCC3(CO)CCN(CC#Cc4cncs4)CC3)c2c1. The predicted molar refractivity (Wildman–Crippen MR) is 131 cm³/mol. The highest BCUT2D eigenvalue weighted by Gasteiger charge is 2.35. The summed E-state index contributed by atoms with van der Waals surface area (Å²) in [4.78, 5) is 11.6. The first-order chi connectivity index (χ1) is 16.0. The van der Waals surface area contributed by atoms with Crippen molar-refractivity contribution in [3.63, 3.8) is 0 Å². The molecule has 174 valence electrons. The minimum atomic E-state index is -1.25. The quantitative estimate of drug-likeness (QED) is 0.460. The Hall–Kier alpha value is -2.24. The second-order valence-corrected chi connectivity index (χ2v) is 9.80. The number of fused-ring (bicyclic) bond motifs is 1. The molecule has 3 heterocycles. The van der Waals surface area contributed by atoms with Crippen LogP contribution in [0.3, 0.4) is 0 Å². The lowest BCUT2D eigenvalue weighted by molar-refractivity contribution is 0.0344. The van der Waals surface area contributed by atoms with Gasteiger partial charge in [-0.25, -0.2) is 4.39 Å². The summed E-state index contributed by atoms with van der Waals surface area (Å²) in [5.41, 5.74) is 2.63. The Kier molecular flexibility index (Phi) is 7.82. The third kappa shape index (κ3) is 5.64. The van der Waals surface area contributed by atoms with Crippen LogP contribution >= 0.6 is 22.9 Å². The number of ether oxygens (including phenoxy) is 1. The van der Waals surface area contributed by atoms with Crippen molar-refractivity contribution in [1.82, 2.24) is 14.9 Å². The van der Waals surface area contributed by atoms with E-state index in [1.165, 1.54) is 17.5 Å². The Morgan fingerprint density at radius 2 is 2.15 bits per heavy atom. The van der Waals surface area contributed by atoms with Gasteiger partial charge in [-0.05, 0) is 62.4 Å². The molecule has 0 amide bonds. The lowest BCUT2D eigenvalue weighted by Gasteiger charge is -2.40. The highest BCUT2D eigenvalue weighted by Crippen LogP contribution is 2.41. The van der Waals surface area contributed by atoms with Gasteiger partial charge in [0.15, 0.2) is 0 Å². The van der Waals surface area contributed by atoms with Crippen LogP contribution in [0.5, 0.6) is 5.75 Å². The molecule has 8 heteroatoms. The van der Waals surface area contributed by atoms with Gasteiger partial charge in [-0.3, -0.25) is 14.9 Å². The summed E-state index contributed by atoms with van der Waals surface area (Å²) >= 11 is 7.90. The van der Waals surface area contributed by atoms with Crippen molar-refractivity contribution in [2.75, 3.05) is 33.4 Å². The molecule has 2 aromatic heterocycles. The van der Waals surface area contributed by atoms with Crippen LogP contribution < -0.4 is 4.74 Å². The van der Waals surface area contributed by atoms with E-state index in [1.54, 1.807) is 30.9 Å². The first-order valence-corrected chi connectivity index (χ1v) is 12.3. The third-order valence-electron chi connectivity index (χ3n) is 6.51. The fourth-order valence-electron chi connectivity index (χ4n) is 4.38. The number of methoxy groups -OCH3 is 1. The summed E-state index contributed by atoms with van der Waals surface area (Å²) in [5, 5.41) is 11.2. The summed E-state index contributed by atoms with van der Waals surface area (Å²) in [7, 11) is 1.58. The number of nitrogens with zero attached hydrogens (tertiary/aromatic N) is 3. The second-order valence-electron chi connectivity index (χ2n) is 8.51. The van der Waals surface area contributed by atoms with Crippen LogP contribution in [0.15, 0.2) is 36.1 Å². The van der Waals surface area contributed by atoms with E-state index < -0.39 is 6.17 Å². The van der Waals surface area contributed by atoms with Gasteiger partial charge in [-0.2, -0.15) is 0 Å². The topological polar surface area (TPSA) is 58.5 Å². The molecule has 1 unspecified atom stereocenters. The van der Waals surface area contributed by atoms with Gasteiger partial charge in [0, 0.05) is 23.8 Å². The number of hydrogen-bond donors (Lipinski definition) is 1. The number of halogens is 2. The third-order valence-corrected chi connectivity index (χ3v) is 7.50. The number of thiazole rings is 1. The summed E-state index contributed by atoms with van der Waals surface area (Å²) < 4.78 is 20.8. The van der Waals surface area contributed by atoms with Gasteiger partial charge in [0.25, 0.3) is 0 Å². The van der Waals surface area contributed by atoms with Gasteiger partial charge < -0.3 is 9.84 Å². The molecule has 3 aromatic rings. The number of aliphatic hydroxyl groups is 1. The summed E-state index contributed by atoms with van der Waals surface area (Å²) in [6.07, 6.45) is 4.55. The Morgan fingerprint density at radius 1 is 1.33 bits per heavy atom. The Balaban J connectivity index is 1.39. The highest BCUT2D eigenvalue weighted by molar-refractivity contribution is 7.10. The Morgan fingerprint density at radius 3 is 2.85 bits per heavy atom. The van der Waals surface area contributed by atoms with E-state index in [1.807, 2.05) is 6.07 Å². The average Bonchev–Trinajstić information content (AvgIpc) is 3.36. The molecule has 0 saturated carbocycles. The zero-order valence-corrected chi connectivity index (χ0v) is 20.1. The molecule has 33 heavy (non-hydrogen) atoms. The molecular formula is C25H27ClFN3O2S. The first-order valence-electron chi connectivity index (χ1n) is 11.0. The maximum absolute atomic E-state index is 15.5. The fraction of sp³-hybridized carbons (Fsp3) is 0.440. The molecule has 1 fully saturated rings. The van der Waals surface area contributed by atoms with E-state index in [2.05, 4.69) is 26.7 Å². The number of benzene rings is 1. The van der Waals surface area contributed by atoms with Crippen LogP contribution in [-0.4, -0.2) is 53.3 Å². The fourth-order valence-corrected chi connectivity index (χ4v) is 5.14. The summed E-state index contributed by atoms with van der Waals surface area (Å²) in [6.45, 7) is 2.42. The van der Waals surface area contributed by atoms with Crippen molar-refractivity contribution >= 4 is 33.8 Å². The maximum atomic E-state index is 15.5. The van der Waals surface area contributed by atoms with E-state index in [-0.39, 0.29) is 12.0 Å². The van der Waals surface area contributed by atoms with Crippen LogP contribution in [0.25, 0.3) is 10.9 Å². The van der Waals surface area contributed by atoms with Crippen LogP contribution in [0.1, 0.15) is 42.3 Å². The molecule has 1 aliphatic heterocycles. The molecule has 1 atom stereocenters. The number of aliphatic hydroxyl groups excluding tert-OH is 1. The van der Waals surface area contributed by atoms with Crippen molar-refractivity contribution in [3.05, 3.63) is 51.6 Å². The number of rotatable bonds is 7. The molecule has 1 aliphatic rings. The molecule has 5 nitrogen and oxygen atoms in total. The lowest BCUT2D eigenvalue weighted by atomic mass is 9.74. The monoisotopic (exact) mass is 487 g/mol. The van der Waals surface area contributed by atoms with Crippen molar-refractivity contribution < 1.29 is 14.2 Å². The number of hydrogen-bond acceptors (Lipinski definition) is 6. The number of alkyl halides is 1. The predicted octanol–water partition coefficient (Wildman–Crippen LogP) is 5.27. The minimum Gasteiger partial charge on any atom is -0.497 e. The zero-order valence-electron chi connectivity index (χ0n) is 18.6. The molecule has 0 bridgehead atoms. The molecule has 1 N–H and O–H groups in total. The lowest BCUT2D eigenvalue weighted by Crippen LogP contribution is -2.42. The van der Waals surface area contributed by atoms with E-state index >= 15 is 4.39 Å². The standard InChI is InChI=1S/C25H27ClFN3O2S/c1-32-18-4-5-23-20(13-18)24(21(26)15-29-23)22(27)6-7-25(16-31)8-11-30(12-9-25)10-2-3-19-14-28-17-33-19/h4-5,13-15,17,22,31H,6-12,16H2,1H3. The van der Waals surface area contributed by atoms with E-state index in [0.717, 1.165) is 30.8 Å². The second kappa shape index (κ2) is 10.8. The van der Waals surface area contributed by atoms with Crippen LogP contribution in [0, 0.1) is 17.3 Å². The van der Waals surface area contributed by atoms with Crippen LogP contribution in [-0.2, 0) is 0 Å². The van der Waals surface area contributed by atoms with Crippen molar-refractivity contribution in [1.29, 1.82) is 0 Å². The molecule has 1 aromatic carbocycles. The minimum absolute atomic E-state index is 0.0543. The van der Waals surface area contributed by atoms with Crippen molar-refractivity contribution in [3.8, 4) is 17.6 Å². The van der Waals surface area contributed by atoms with Gasteiger partial charge in [0.05, 0.1) is 40.8 Å². The Labute approximate surface area is 202 Å². The first kappa shape index (κ1) is 23.9. The number of pyridine rings is 1. The van der Waals surface area contributed by atoms with Gasteiger partial charge in [-0.15, -0.1) is 11.3 Å². The van der Waals surface area contributed by atoms with Crippen LogP contribution in [0.4, 0.5) is 4.39 Å². The molecule has 0 radical (unpaired) electrons. The smallest absolute Gasteiger partial charge is 0.127 e. The summed E-state index contributed by atoms with van der Waals surface area (Å²) in [5.74, 6) is 6.97. The van der Waals surface area contributed by atoms with E-state index in [0.29, 0.717) is 46.6 Å². The molecular weight excluding hydrogens is 461 g/mol. The van der Waals surface area contributed by atoms with E-state index in [9.17, 15) is 5.11 Å². The maximum Gasteiger partial charge on any atom is 0.127 e. The van der Waals surface area contributed by atoms with Crippen molar-refractivity contribution in [2.24, 2.45) is 5.41 Å². The number of aromatic nitrogens is 2. The largest absolute Gasteiger partial charge is 0.497 e. The van der Waals surface area contributed by atoms with Crippen LogP contribution in [0.2, 0.25) is 5.02 Å². The highest BCUT2D eigenvalue weighted by atomic mass is 35.5. The van der Waals surface area contributed by atoms with Gasteiger partial charge >= 0.3 is 0 Å². The van der Waals surface area contributed by atoms with Gasteiger partial charge in [0.2, 0.25) is 0 Å². The number of piperidine rings is 1. The molecule has 1 saturated heterocycles. The molecule has 0 aliphatic carbocycles. The van der Waals surface area contributed by atoms with E-state index in [4.69, 9.17) is 16.3 Å². The normalized spacial score (nSPS) is 16.8. The van der Waals surface area contributed by atoms with Crippen molar-refractivity contribution in [2.45, 2.75) is 31.9 Å². The van der Waals surface area contributed by atoms with Gasteiger partial charge in [-0.1, -0.05) is 23.4 Å². The number of likely N-dealkylation sites (tertiary alicyclic amines) is 1. The van der Waals surface area contributed by atoms with Gasteiger partial charge in [0.1, 0.15) is 11.9 Å². The molecule has 4 rings (SSSR count). The molecule has 0 spiro atoms. The zero-order chi connectivity index (χ0) is 23.3. The average molecular weight is 488 g/mol.